The van der Waals surface area contributed by atoms with Crippen LogP contribution >= 0.6 is 0 Å². The van der Waals surface area contributed by atoms with Gasteiger partial charge in [-0.15, -0.1) is 0 Å². The van der Waals surface area contributed by atoms with Crippen molar-refractivity contribution in [2.75, 3.05) is 25.5 Å². The number of aliphatic hydroxyl groups is 1. The first kappa shape index (κ1) is 18.6. The number of alkyl halides is 1. The number of ether oxygens (including phenoxy) is 1. The molecule has 4 heterocycles. The normalized spacial score (nSPS) is 19.9. The molecule has 8 heteroatoms. The summed E-state index contributed by atoms with van der Waals surface area (Å²) in [7, 11) is 1.57. The molecule has 7 nitrogen and oxygen atoms in total. The second kappa shape index (κ2) is 7.03. The first-order chi connectivity index (χ1) is 13.4. The standard InChI is InChI=1S/C20H24FN5O2/c1-20(2,27)12-11-26-16(10-23-19(26)7-17(12)28-3)14-5-4-6-18(24-14)25-15-9-22-8-13(15)21/h4-7,10-11,13,15,22,27H,8-9H2,1-3H3,(H,24,25). The van der Waals surface area contributed by atoms with Crippen molar-refractivity contribution in [1.29, 1.82) is 0 Å². The Labute approximate surface area is 162 Å². The molecule has 4 rings (SSSR count). The first-order valence-corrected chi connectivity index (χ1v) is 9.23. The molecule has 1 fully saturated rings. The van der Waals surface area contributed by atoms with Gasteiger partial charge >= 0.3 is 0 Å². The van der Waals surface area contributed by atoms with Crippen LogP contribution in [0.1, 0.15) is 19.4 Å². The minimum Gasteiger partial charge on any atom is -0.496 e. The van der Waals surface area contributed by atoms with Crippen molar-refractivity contribution in [3.8, 4) is 17.1 Å². The molecule has 0 amide bonds. The Kier molecular flexibility index (Phi) is 4.68. The molecule has 2 atom stereocenters. The van der Waals surface area contributed by atoms with Gasteiger partial charge in [-0.2, -0.15) is 0 Å². The van der Waals surface area contributed by atoms with Crippen LogP contribution in [0.2, 0.25) is 0 Å². The Hall–Kier alpha value is -2.71. The molecule has 0 aromatic carbocycles. The Balaban J connectivity index is 1.74. The van der Waals surface area contributed by atoms with E-state index in [1.165, 1.54) is 0 Å². The second-order valence-electron chi connectivity index (χ2n) is 7.52. The van der Waals surface area contributed by atoms with Gasteiger partial charge in [-0.05, 0) is 26.0 Å². The van der Waals surface area contributed by atoms with E-state index in [2.05, 4.69) is 20.6 Å². The number of methoxy groups -OCH3 is 1. The van der Waals surface area contributed by atoms with Gasteiger partial charge < -0.3 is 20.5 Å². The van der Waals surface area contributed by atoms with Crippen molar-refractivity contribution in [3.05, 3.63) is 42.2 Å². The van der Waals surface area contributed by atoms with Crippen LogP contribution in [0.25, 0.3) is 17.0 Å². The van der Waals surface area contributed by atoms with Gasteiger partial charge in [0, 0.05) is 30.9 Å². The van der Waals surface area contributed by atoms with E-state index in [1.807, 2.05) is 28.8 Å². The predicted molar refractivity (Wildman–Crippen MR) is 105 cm³/mol. The summed E-state index contributed by atoms with van der Waals surface area (Å²) < 4.78 is 21.2. The van der Waals surface area contributed by atoms with Crippen LogP contribution in [0.5, 0.6) is 5.75 Å². The van der Waals surface area contributed by atoms with Crippen LogP contribution in [-0.2, 0) is 5.60 Å². The van der Waals surface area contributed by atoms with Crippen LogP contribution in [0.15, 0.2) is 36.7 Å². The summed E-state index contributed by atoms with van der Waals surface area (Å²) in [4.78, 5) is 9.08. The lowest BCUT2D eigenvalue weighted by Crippen LogP contribution is -2.29. The number of pyridine rings is 2. The van der Waals surface area contributed by atoms with Crippen molar-refractivity contribution in [2.45, 2.75) is 31.7 Å². The second-order valence-corrected chi connectivity index (χ2v) is 7.52. The van der Waals surface area contributed by atoms with Crippen molar-refractivity contribution in [1.82, 2.24) is 19.7 Å². The van der Waals surface area contributed by atoms with Gasteiger partial charge in [-0.3, -0.25) is 4.40 Å². The molecule has 1 aliphatic heterocycles. The number of rotatable bonds is 5. The van der Waals surface area contributed by atoms with Gasteiger partial charge in [0.2, 0.25) is 0 Å². The maximum Gasteiger partial charge on any atom is 0.140 e. The SMILES string of the molecule is COc1cc2ncc(-c3cccc(NC4CNCC4F)n3)n2cc1C(C)(C)O. The lowest BCUT2D eigenvalue weighted by molar-refractivity contribution is 0.0752. The number of aromatic nitrogens is 3. The fourth-order valence-electron chi connectivity index (χ4n) is 3.46. The summed E-state index contributed by atoms with van der Waals surface area (Å²) in [5.74, 6) is 1.18. The highest BCUT2D eigenvalue weighted by atomic mass is 19.1. The van der Waals surface area contributed by atoms with E-state index in [4.69, 9.17) is 4.74 Å². The van der Waals surface area contributed by atoms with Gasteiger partial charge in [-0.25, -0.2) is 14.4 Å². The highest BCUT2D eigenvalue weighted by Crippen LogP contribution is 2.32. The first-order valence-electron chi connectivity index (χ1n) is 9.23. The molecule has 3 aromatic heterocycles. The number of halogens is 1. The number of nitrogens with one attached hydrogen (secondary N) is 2. The Bertz CT molecular complexity index is 998. The number of imidazole rings is 1. The summed E-state index contributed by atoms with van der Waals surface area (Å²) in [5.41, 5.74) is 1.72. The van der Waals surface area contributed by atoms with Crippen LogP contribution in [-0.4, -0.2) is 51.9 Å². The summed E-state index contributed by atoms with van der Waals surface area (Å²) in [6.07, 6.45) is 2.60. The van der Waals surface area contributed by atoms with E-state index in [1.54, 1.807) is 33.2 Å². The molecule has 0 bridgehead atoms. The zero-order chi connectivity index (χ0) is 19.9. The number of anilines is 1. The highest BCUT2D eigenvalue weighted by molar-refractivity contribution is 5.64. The number of nitrogens with zero attached hydrogens (tertiary/aromatic N) is 3. The number of hydrogen-bond acceptors (Lipinski definition) is 6. The molecular formula is C20H24FN5O2. The van der Waals surface area contributed by atoms with E-state index in [9.17, 15) is 9.50 Å². The number of fused-ring (bicyclic) bond motifs is 1. The molecule has 3 N–H and O–H groups in total. The van der Waals surface area contributed by atoms with Crippen LogP contribution in [0, 0.1) is 0 Å². The van der Waals surface area contributed by atoms with Gasteiger partial charge in [0.1, 0.15) is 23.4 Å². The van der Waals surface area contributed by atoms with Crippen molar-refractivity contribution >= 4 is 11.5 Å². The molecule has 28 heavy (non-hydrogen) atoms. The summed E-state index contributed by atoms with van der Waals surface area (Å²) >= 11 is 0. The van der Waals surface area contributed by atoms with Gasteiger partial charge in [0.25, 0.3) is 0 Å². The highest BCUT2D eigenvalue weighted by Gasteiger charge is 2.27. The molecule has 3 aromatic rings. The molecule has 2 unspecified atom stereocenters. The Morgan fingerprint density at radius 2 is 2.18 bits per heavy atom. The quantitative estimate of drug-likeness (QED) is 0.625. The molecule has 0 aliphatic carbocycles. The van der Waals surface area contributed by atoms with Crippen molar-refractivity contribution in [3.63, 3.8) is 0 Å². The number of hydrogen-bond donors (Lipinski definition) is 3. The average Bonchev–Trinajstić information content (AvgIpc) is 3.26. The van der Waals surface area contributed by atoms with E-state index < -0.39 is 11.8 Å². The summed E-state index contributed by atoms with van der Waals surface area (Å²) in [6, 6.07) is 7.07. The van der Waals surface area contributed by atoms with Crippen molar-refractivity contribution < 1.29 is 14.2 Å². The largest absolute Gasteiger partial charge is 0.496 e. The molecule has 0 radical (unpaired) electrons. The predicted octanol–water partition coefficient (Wildman–Crippen LogP) is 2.35. The lowest BCUT2D eigenvalue weighted by Gasteiger charge is -2.21. The van der Waals surface area contributed by atoms with E-state index >= 15 is 0 Å². The maximum atomic E-state index is 13.9. The molecule has 1 saturated heterocycles. The third-order valence-electron chi connectivity index (χ3n) is 4.97. The average molecular weight is 385 g/mol. The van der Waals surface area contributed by atoms with Gasteiger partial charge in [-0.1, -0.05) is 6.07 Å². The van der Waals surface area contributed by atoms with Crippen molar-refractivity contribution in [2.24, 2.45) is 0 Å². The fourth-order valence-corrected chi connectivity index (χ4v) is 3.46. The van der Waals surface area contributed by atoms with E-state index in [-0.39, 0.29) is 6.04 Å². The zero-order valence-electron chi connectivity index (χ0n) is 16.1. The van der Waals surface area contributed by atoms with Crippen LogP contribution in [0.3, 0.4) is 0 Å². The molecule has 148 valence electrons. The Morgan fingerprint density at radius 1 is 1.36 bits per heavy atom. The third kappa shape index (κ3) is 3.41. The van der Waals surface area contributed by atoms with E-state index in [0.29, 0.717) is 41.6 Å². The monoisotopic (exact) mass is 385 g/mol. The van der Waals surface area contributed by atoms with Crippen LogP contribution in [0.4, 0.5) is 10.2 Å². The molecule has 0 spiro atoms. The topological polar surface area (TPSA) is 83.7 Å². The fraction of sp³-hybridized carbons (Fsp3) is 0.400. The molecular weight excluding hydrogens is 361 g/mol. The molecule has 1 aliphatic rings. The Morgan fingerprint density at radius 3 is 2.86 bits per heavy atom. The smallest absolute Gasteiger partial charge is 0.140 e. The minimum absolute atomic E-state index is 0.295. The zero-order valence-corrected chi connectivity index (χ0v) is 16.1. The van der Waals surface area contributed by atoms with Gasteiger partial charge in [0.15, 0.2) is 0 Å². The minimum atomic E-state index is -1.08. The summed E-state index contributed by atoms with van der Waals surface area (Å²) in [6.45, 7) is 4.34. The molecule has 0 saturated carbocycles. The van der Waals surface area contributed by atoms with Gasteiger partial charge in [0.05, 0.1) is 36.3 Å². The maximum absolute atomic E-state index is 13.9. The lowest BCUT2D eigenvalue weighted by atomic mass is 9.99. The summed E-state index contributed by atoms with van der Waals surface area (Å²) in [5, 5.41) is 16.7. The van der Waals surface area contributed by atoms with E-state index in [0.717, 1.165) is 5.69 Å². The van der Waals surface area contributed by atoms with Crippen LogP contribution < -0.4 is 15.4 Å². The third-order valence-corrected chi connectivity index (χ3v) is 4.97.